The van der Waals surface area contributed by atoms with Crippen LogP contribution in [0.3, 0.4) is 0 Å². The Morgan fingerprint density at radius 3 is 2.56 bits per heavy atom. The third-order valence-electron chi connectivity index (χ3n) is 6.17. The highest BCUT2D eigenvalue weighted by Gasteiger charge is 2.66. The van der Waals surface area contributed by atoms with Gasteiger partial charge in [-0.2, -0.15) is 0 Å². The van der Waals surface area contributed by atoms with Gasteiger partial charge in [0, 0.05) is 0 Å². The Balaban J connectivity index is 2.11. The third-order valence-corrected chi connectivity index (χ3v) is 6.17. The number of hydrogen-bond donors (Lipinski definition) is 1. The summed E-state index contributed by atoms with van der Waals surface area (Å²) in [6, 6.07) is 0. The molecule has 1 nitrogen and oxygen atoms in total. The summed E-state index contributed by atoms with van der Waals surface area (Å²) in [6.07, 6.45) is 4.71. The Hall–Kier alpha value is -0.300. The predicted octanol–water partition coefficient (Wildman–Crippen LogP) is 3.39. The lowest BCUT2D eigenvalue weighted by atomic mass is 9.62. The summed E-state index contributed by atoms with van der Waals surface area (Å²) < 4.78 is 0. The van der Waals surface area contributed by atoms with Crippen LogP contribution in [0.25, 0.3) is 0 Å². The van der Waals surface area contributed by atoms with Crippen molar-refractivity contribution in [3.63, 3.8) is 0 Å². The molecule has 3 fully saturated rings. The quantitative estimate of drug-likeness (QED) is 0.620. The molecule has 90 valence electrons. The average molecular weight is 220 g/mol. The maximum atomic E-state index is 10.1. The topological polar surface area (TPSA) is 20.2 Å². The van der Waals surface area contributed by atoms with Crippen molar-refractivity contribution < 1.29 is 5.11 Å². The van der Waals surface area contributed by atoms with E-state index in [-0.39, 0.29) is 11.5 Å². The van der Waals surface area contributed by atoms with Crippen LogP contribution in [0, 0.1) is 28.6 Å². The van der Waals surface area contributed by atoms with Gasteiger partial charge in [0.05, 0.1) is 6.10 Å². The van der Waals surface area contributed by atoms with Crippen molar-refractivity contribution in [2.75, 3.05) is 0 Å². The summed E-state index contributed by atoms with van der Waals surface area (Å²) in [4.78, 5) is 0. The fourth-order valence-corrected chi connectivity index (χ4v) is 5.47. The van der Waals surface area contributed by atoms with Gasteiger partial charge in [-0.3, -0.25) is 0 Å². The molecule has 0 amide bonds. The van der Waals surface area contributed by atoms with E-state index >= 15 is 0 Å². The number of rotatable bonds is 0. The molecule has 0 saturated heterocycles. The van der Waals surface area contributed by atoms with Gasteiger partial charge in [-0.15, -0.1) is 0 Å². The molecule has 0 aliphatic heterocycles. The van der Waals surface area contributed by atoms with Crippen molar-refractivity contribution in [1.82, 2.24) is 0 Å². The number of aliphatic hydroxyl groups is 1. The third kappa shape index (κ3) is 1.01. The Labute approximate surface area is 98.9 Å². The van der Waals surface area contributed by atoms with Crippen LogP contribution in [0.1, 0.15) is 46.5 Å². The molecule has 0 aromatic heterocycles. The maximum Gasteiger partial charge on any atom is 0.0756 e. The maximum absolute atomic E-state index is 10.1. The Morgan fingerprint density at radius 2 is 1.94 bits per heavy atom. The van der Waals surface area contributed by atoms with Crippen LogP contribution in [0.15, 0.2) is 12.2 Å². The molecule has 0 radical (unpaired) electrons. The summed E-state index contributed by atoms with van der Waals surface area (Å²) in [5, 5.41) is 10.1. The second-order valence-electron chi connectivity index (χ2n) is 7.17. The van der Waals surface area contributed by atoms with Crippen molar-refractivity contribution in [3.8, 4) is 0 Å². The highest BCUT2D eigenvalue weighted by atomic mass is 16.3. The van der Waals surface area contributed by atoms with Gasteiger partial charge < -0.3 is 5.11 Å². The van der Waals surface area contributed by atoms with Crippen molar-refractivity contribution in [1.29, 1.82) is 0 Å². The van der Waals surface area contributed by atoms with Gasteiger partial charge in [0.15, 0.2) is 0 Å². The van der Waals surface area contributed by atoms with E-state index in [0.717, 1.165) is 18.3 Å². The van der Waals surface area contributed by atoms with Gasteiger partial charge in [0.2, 0.25) is 0 Å². The van der Waals surface area contributed by atoms with Crippen molar-refractivity contribution in [3.05, 3.63) is 12.2 Å². The van der Waals surface area contributed by atoms with E-state index in [2.05, 4.69) is 27.4 Å². The lowest BCUT2D eigenvalue weighted by molar-refractivity contribution is 0.0954. The van der Waals surface area contributed by atoms with E-state index in [0.29, 0.717) is 11.3 Å². The zero-order chi connectivity index (χ0) is 11.7. The number of hydrogen-bond acceptors (Lipinski definition) is 1. The second-order valence-corrected chi connectivity index (χ2v) is 7.17. The van der Waals surface area contributed by atoms with Crippen LogP contribution < -0.4 is 0 Å². The molecular formula is C15H24O. The average Bonchev–Trinajstić information content (AvgIpc) is 2.51. The highest BCUT2D eigenvalue weighted by molar-refractivity contribution is 5.31. The van der Waals surface area contributed by atoms with E-state index in [1.807, 2.05) is 0 Å². The van der Waals surface area contributed by atoms with E-state index in [4.69, 9.17) is 0 Å². The van der Waals surface area contributed by atoms with Crippen molar-refractivity contribution in [2.24, 2.45) is 28.6 Å². The minimum atomic E-state index is -0.218. The summed E-state index contributed by atoms with van der Waals surface area (Å²) in [6.45, 7) is 11.5. The van der Waals surface area contributed by atoms with Crippen LogP contribution in [0.2, 0.25) is 0 Å². The van der Waals surface area contributed by atoms with Gasteiger partial charge in [-0.25, -0.2) is 0 Å². The first-order valence-electron chi connectivity index (χ1n) is 6.77. The smallest absolute Gasteiger partial charge is 0.0756 e. The predicted molar refractivity (Wildman–Crippen MR) is 66.0 cm³/mol. The van der Waals surface area contributed by atoms with Crippen molar-refractivity contribution in [2.45, 2.75) is 52.6 Å². The van der Waals surface area contributed by atoms with Crippen LogP contribution in [0.4, 0.5) is 0 Å². The molecule has 0 aromatic rings. The molecule has 3 rings (SSSR count). The zero-order valence-electron chi connectivity index (χ0n) is 10.8. The SMILES string of the molecule is C=C1[C@@H](O)C[C@H]2[C@@H]3CC[C@H](C)C12CC3(C)C. The first-order chi connectivity index (χ1) is 7.39. The normalized spacial score (nSPS) is 54.1. The first kappa shape index (κ1) is 10.8. The minimum Gasteiger partial charge on any atom is -0.389 e. The van der Waals surface area contributed by atoms with Crippen LogP contribution in [0.5, 0.6) is 0 Å². The van der Waals surface area contributed by atoms with Crippen LogP contribution >= 0.6 is 0 Å². The van der Waals surface area contributed by atoms with E-state index in [9.17, 15) is 5.11 Å². The first-order valence-corrected chi connectivity index (χ1v) is 6.77. The summed E-state index contributed by atoms with van der Waals surface area (Å²) in [5.74, 6) is 2.26. The van der Waals surface area contributed by atoms with Gasteiger partial charge in [0.25, 0.3) is 0 Å². The van der Waals surface area contributed by atoms with E-state index in [1.165, 1.54) is 24.8 Å². The minimum absolute atomic E-state index is 0.218. The molecule has 1 unspecified atom stereocenters. The summed E-state index contributed by atoms with van der Waals surface area (Å²) in [5.41, 5.74) is 1.91. The molecule has 1 N–H and O–H groups in total. The van der Waals surface area contributed by atoms with Crippen LogP contribution in [-0.4, -0.2) is 11.2 Å². The van der Waals surface area contributed by atoms with Crippen molar-refractivity contribution >= 4 is 0 Å². The van der Waals surface area contributed by atoms with Gasteiger partial charge in [-0.05, 0) is 59.8 Å². The van der Waals surface area contributed by atoms with Gasteiger partial charge in [-0.1, -0.05) is 27.4 Å². The lowest BCUT2D eigenvalue weighted by Gasteiger charge is -2.42. The zero-order valence-corrected chi connectivity index (χ0v) is 10.8. The molecule has 3 aliphatic rings. The molecule has 2 bridgehead atoms. The standard InChI is InChI=1S/C15H24O/c1-9-5-6-11-12-7-13(16)10(2)15(9,12)8-14(11,3)4/h9,11-13,16H,2,5-8H2,1,3-4H3/t9-,11-,12-,13-,15?/m0/s1. The molecule has 5 atom stereocenters. The van der Waals surface area contributed by atoms with Gasteiger partial charge >= 0.3 is 0 Å². The highest BCUT2D eigenvalue weighted by Crippen LogP contribution is 2.72. The molecule has 0 heterocycles. The summed E-state index contributed by atoms with van der Waals surface area (Å²) >= 11 is 0. The Morgan fingerprint density at radius 1 is 1.25 bits per heavy atom. The molecule has 16 heavy (non-hydrogen) atoms. The molecule has 3 saturated carbocycles. The molecule has 3 aliphatic carbocycles. The van der Waals surface area contributed by atoms with E-state index in [1.54, 1.807) is 0 Å². The molecule has 0 aromatic carbocycles. The molecule has 1 heteroatoms. The Kier molecular flexibility index (Phi) is 1.98. The van der Waals surface area contributed by atoms with Crippen LogP contribution in [-0.2, 0) is 0 Å². The Bertz CT molecular complexity index is 343. The molecular weight excluding hydrogens is 196 g/mol. The van der Waals surface area contributed by atoms with Gasteiger partial charge in [0.1, 0.15) is 0 Å². The fourth-order valence-electron chi connectivity index (χ4n) is 5.47. The second kappa shape index (κ2) is 2.93. The van der Waals surface area contributed by atoms with E-state index < -0.39 is 0 Å². The lowest BCUT2D eigenvalue weighted by Crippen LogP contribution is -2.35. The fraction of sp³-hybridized carbons (Fsp3) is 0.867. The molecule has 0 spiro atoms. The largest absolute Gasteiger partial charge is 0.389 e. The monoisotopic (exact) mass is 220 g/mol. The number of aliphatic hydroxyl groups excluding tert-OH is 1. The summed E-state index contributed by atoms with van der Waals surface area (Å²) in [7, 11) is 0.